The first-order valence-electron chi connectivity index (χ1n) is 9.90. The number of hydrogen-bond donors (Lipinski definition) is 0. The molecule has 1 aromatic carbocycles. The molecule has 0 atom stereocenters. The van der Waals surface area contributed by atoms with Crippen molar-refractivity contribution in [3.05, 3.63) is 69.2 Å². The highest BCUT2D eigenvalue weighted by Gasteiger charge is 2.24. The molecule has 1 fully saturated rings. The zero-order valence-electron chi connectivity index (χ0n) is 17.1. The molecule has 1 saturated heterocycles. The van der Waals surface area contributed by atoms with Crippen molar-refractivity contribution in [2.45, 2.75) is 27.1 Å². The highest BCUT2D eigenvalue weighted by molar-refractivity contribution is 6.31. The third kappa shape index (κ3) is 4.53. The molecular weight excluding hydrogens is 423 g/mol. The molecule has 1 aliphatic rings. The summed E-state index contributed by atoms with van der Waals surface area (Å²) in [6, 6.07) is 9.67. The standard InChI is InChI=1S/C21H24Cl2N6O/c1-15-20(23)16(2)29(24-15)14-28-8-7-19(25-28)21(30)27-11-9-26(10-12-27)13-17-3-5-18(22)6-4-17/h3-8H,9-14H2,1-2H3. The minimum absolute atomic E-state index is 0.0358. The molecule has 1 amide bonds. The second-order valence-corrected chi connectivity index (χ2v) is 8.38. The summed E-state index contributed by atoms with van der Waals surface area (Å²) < 4.78 is 3.49. The summed E-state index contributed by atoms with van der Waals surface area (Å²) in [5.41, 5.74) is 3.35. The zero-order chi connectivity index (χ0) is 21.3. The summed E-state index contributed by atoms with van der Waals surface area (Å²) in [5, 5.41) is 10.3. The van der Waals surface area contributed by atoms with Gasteiger partial charge in [-0.15, -0.1) is 0 Å². The van der Waals surface area contributed by atoms with Crippen molar-refractivity contribution in [1.29, 1.82) is 0 Å². The van der Waals surface area contributed by atoms with Gasteiger partial charge in [0.15, 0.2) is 0 Å². The highest BCUT2D eigenvalue weighted by Crippen LogP contribution is 2.19. The van der Waals surface area contributed by atoms with E-state index in [0.29, 0.717) is 30.5 Å². The Kier molecular flexibility index (Phi) is 6.13. The van der Waals surface area contributed by atoms with Crippen LogP contribution in [-0.4, -0.2) is 61.4 Å². The van der Waals surface area contributed by atoms with Crippen molar-refractivity contribution in [2.75, 3.05) is 26.2 Å². The first kappa shape index (κ1) is 20.9. The normalized spacial score (nSPS) is 15.0. The van der Waals surface area contributed by atoms with Crippen molar-refractivity contribution in [1.82, 2.24) is 29.4 Å². The van der Waals surface area contributed by atoms with Crippen molar-refractivity contribution in [2.24, 2.45) is 0 Å². The number of nitrogens with zero attached hydrogens (tertiary/aromatic N) is 6. The molecule has 30 heavy (non-hydrogen) atoms. The molecule has 4 rings (SSSR count). The van der Waals surface area contributed by atoms with Gasteiger partial charge in [-0.25, -0.2) is 4.68 Å². The summed E-state index contributed by atoms with van der Waals surface area (Å²) >= 11 is 12.2. The largest absolute Gasteiger partial charge is 0.335 e. The average molecular weight is 447 g/mol. The van der Waals surface area contributed by atoms with E-state index in [9.17, 15) is 4.79 Å². The molecule has 0 saturated carbocycles. The lowest BCUT2D eigenvalue weighted by Gasteiger charge is -2.34. The van der Waals surface area contributed by atoms with Gasteiger partial charge in [-0.2, -0.15) is 10.2 Å². The number of aromatic nitrogens is 4. The smallest absolute Gasteiger partial charge is 0.274 e. The van der Waals surface area contributed by atoms with E-state index in [-0.39, 0.29) is 5.91 Å². The number of piperazine rings is 1. The number of carbonyl (C=O) groups excluding carboxylic acids is 1. The summed E-state index contributed by atoms with van der Waals surface area (Å²) in [6.07, 6.45) is 1.80. The molecule has 3 aromatic rings. The fourth-order valence-corrected chi connectivity index (χ4v) is 3.88. The monoisotopic (exact) mass is 446 g/mol. The lowest BCUT2D eigenvalue weighted by Crippen LogP contribution is -2.48. The maximum atomic E-state index is 12.9. The first-order valence-corrected chi connectivity index (χ1v) is 10.7. The Bertz CT molecular complexity index is 1030. The minimum atomic E-state index is -0.0358. The molecule has 2 aromatic heterocycles. The van der Waals surface area contributed by atoms with Crippen LogP contribution in [0.4, 0.5) is 0 Å². The summed E-state index contributed by atoms with van der Waals surface area (Å²) in [5.74, 6) is -0.0358. The van der Waals surface area contributed by atoms with Gasteiger partial charge in [0, 0.05) is 43.9 Å². The van der Waals surface area contributed by atoms with Gasteiger partial charge in [0.1, 0.15) is 12.4 Å². The van der Waals surface area contributed by atoms with Crippen molar-refractivity contribution in [3.8, 4) is 0 Å². The summed E-state index contributed by atoms with van der Waals surface area (Å²) in [6.45, 7) is 8.11. The molecule has 7 nitrogen and oxygen atoms in total. The average Bonchev–Trinajstić information content (AvgIpc) is 3.31. The Morgan fingerprint density at radius 2 is 1.70 bits per heavy atom. The quantitative estimate of drug-likeness (QED) is 0.601. The van der Waals surface area contributed by atoms with Gasteiger partial charge in [0.2, 0.25) is 0 Å². The van der Waals surface area contributed by atoms with Crippen LogP contribution >= 0.6 is 23.2 Å². The molecule has 158 valence electrons. The summed E-state index contributed by atoms with van der Waals surface area (Å²) in [7, 11) is 0. The lowest BCUT2D eigenvalue weighted by atomic mass is 10.2. The van der Waals surface area contributed by atoms with E-state index in [1.807, 2.05) is 43.0 Å². The van der Waals surface area contributed by atoms with Crippen molar-refractivity contribution in [3.63, 3.8) is 0 Å². The molecule has 1 aliphatic heterocycles. The summed E-state index contributed by atoms with van der Waals surface area (Å²) in [4.78, 5) is 17.1. The van der Waals surface area contributed by atoms with Gasteiger partial charge in [-0.3, -0.25) is 14.4 Å². The molecular formula is C21H24Cl2N6O. The molecule has 9 heteroatoms. The van der Waals surface area contributed by atoms with Crippen LogP contribution < -0.4 is 0 Å². The third-order valence-corrected chi connectivity index (χ3v) is 6.21. The molecule has 0 bridgehead atoms. The fourth-order valence-electron chi connectivity index (χ4n) is 3.62. The molecule has 3 heterocycles. The SMILES string of the molecule is Cc1nn(Cn2ccc(C(=O)N3CCN(Cc4ccc(Cl)cc4)CC3)n2)c(C)c1Cl. The second-order valence-electron chi connectivity index (χ2n) is 7.56. The van der Waals surface area contributed by atoms with Crippen molar-refractivity contribution < 1.29 is 4.79 Å². The van der Waals surface area contributed by atoms with Crippen LogP contribution in [0.15, 0.2) is 36.5 Å². The predicted octanol–water partition coefficient (Wildman–Crippen LogP) is 3.47. The number of hydrogen-bond acceptors (Lipinski definition) is 4. The van der Waals surface area contributed by atoms with E-state index in [0.717, 1.165) is 36.0 Å². The number of halogens is 2. The van der Waals surface area contributed by atoms with Crippen LogP contribution in [0.2, 0.25) is 10.0 Å². The minimum Gasteiger partial charge on any atom is -0.335 e. The molecule has 0 unspecified atom stereocenters. The predicted molar refractivity (Wildman–Crippen MR) is 117 cm³/mol. The van der Waals surface area contributed by atoms with Gasteiger partial charge in [0.05, 0.1) is 16.4 Å². The number of aryl methyl sites for hydroxylation is 1. The van der Waals surface area contributed by atoms with Gasteiger partial charge in [-0.1, -0.05) is 35.3 Å². The Balaban J connectivity index is 1.33. The lowest BCUT2D eigenvalue weighted by molar-refractivity contribution is 0.0621. The van der Waals surface area contributed by atoms with Crippen LogP contribution in [-0.2, 0) is 13.2 Å². The number of carbonyl (C=O) groups is 1. The van der Waals surface area contributed by atoms with Crippen molar-refractivity contribution >= 4 is 29.1 Å². The number of rotatable bonds is 5. The third-order valence-electron chi connectivity index (χ3n) is 5.41. The Labute approximate surface area is 185 Å². The van der Waals surface area contributed by atoms with Crippen LogP contribution in [0.25, 0.3) is 0 Å². The Morgan fingerprint density at radius 3 is 2.33 bits per heavy atom. The van der Waals surface area contributed by atoms with Gasteiger partial charge in [-0.05, 0) is 37.6 Å². The highest BCUT2D eigenvalue weighted by atomic mass is 35.5. The van der Waals surface area contributed by atoms with E-state index in [2.05, 4.69) is 15.1 Å². The number of benzene rings is 1. The van der Waals surface area contributed by atoms with E-state index in [4.69, 9.17) is 23.2 Å². The van der Waals surface area contributed by atoms with E-state index in [1.165, 1.54) is 5.56 Å². The second kappa shape index (κ2) is 8.79. The molecule has 0 aliphatic carbocycles. The number of amides is 1. The Hall–Kier alpha value is -2.35. The van der Waals surface area contributed by atoms with Gasteiger partial charge < -0.3 is 4.90 Å². The van der Waals surface area contributed by atoms with E-state index >= 15 is 0 Å². The molecule has 0 N–H and O–H groups in total. The molecule has 0 radical (unpaired) electrons. The van der Waals surface area contributed by atoms with Crippen LogP contribution in [0, 0.1) is 13.8 Å². The maximum Gasteiger partial charge on any atom is 0.274 e. The van der Waals surface area contributed by atoms with Crippen LogP contribution in [0.3, 0.4) is 0 Å². The maximum absolute atomic E-state index is 12.9. The molecule has 0 spiro atoms. The van der Waals surface area contributed by atoms with E-state index < -0.39 is 0 Å². The first-order chi connectivity index (χ1) is 14.4. The van der Waals surface area contributed by atoms with Gasteiger partial charge in [0.25, 0.3) is 5.91 Å². The van der Waals surface area contributed by atoms with E-state index in [1.54, 1.807) is 21.6 Å². The van der Waals surface area contributed by atoms with Crippen LogP contribution in [0.1, 0.15) is 27.4 Å². The zero-order valence-corrected chi connectivity index (χ0v) is 18.6. The van der Waals surface area contributed by atoms with Crippen LogP contribution in [0.5, 0.6) is 0 Å². The van der Waals surface area contributed by atoms with Gasteiger partial charge >= 0.3 is 0 Å². The topological polar surface area (TPSA) is 59.2 Å². The Morgan fingerprint density at radius 1 is 1.00 bits per heavy atom. The fraction of sp³-hybridized carbons (Fsp3) is 0.381.